The van der Waals surface area contributed by atoms with Crippen LogP contribution in [0.1, 0.15) is 23.0 Å². The number of nitrogens with zero attached hydrogens (tertiary/aromatic N) is 3. The van der Waals surface area contributed by atoms with Gasteiger partial charge in [-0.15, -0.1) is 11.3 Å². The lowest BCUT2D eigenvalue weighted by molar-refractivity contribution is 0.0950. The molecule has 5 nitrogen and oxygen atoms in total. The van der Waals surface area contributed by atoms with Crippen LogP contribution >= 0.6 is 11.3 Å². The van der Waals surface area contributed by atoms with Crippen LogP contribution in [0.5, 0.6) is 0 Å². The third kappa shape index (κ3) is 3.23. The minimum absolute atomic E-state index is 0.131. The lowest BCUT2D eigenvalue weighted by Gasteiger charge is -2.00. The maximum Gasteiger partial charge on any atom is 0.254 e. The van der Waals surface area contributed by atoms with E-state index in [2.05, 4.69) is 15.4 Å². The lowest BCUT2D eigenvalue weighted by Crippen LogP contribution is -2.22. The number of amides is 1. The first-order chi connectivity index (χ1) is 10.8. The third-order valence-corrected chi connectivity index (χ3v) is 4.16. The smallest absolute Gasteiger partial charge is 0.254 e. The molecule has 0 saturated heterocycles. The second-order valence-corrected chi connectivity index (χ2v) is 5.64. The Morgan fingerprint density at radius 2 is 2.14 bits per heavy atom. The molecular formula is C16H16N4OS. The van der Waals surface area contributed by atoms with E-state index in [0.29, 0.717) is 12.1 Å². The summed E-state index contributed by atoms with van der Waals surface area (Å²) >= 11 is 1.58. The molecule has 0 spiro atoms. The molecule has 0 aliphatic heterocycles. The van der Waals surface area contributed by atoms with Gasteiger partial charge in [-0.05, 0) is 6.92 Å². The standard InChI is InChI=1S/C16H16N4OS/c1-2-20-10-13(8-18-20)15(21)17-9-14-11-22-16(19-14)12-6-4-3-5-7-12/h3-8,10-11H,2,9H2,1H3,(H,17,21). The van der Waals surface area contributed by atoms with Crippen molar-refractivity contribution in [1.29, 1.82) is 0 Å². The summed E-state index contributed by atoms with van der Waals surface area (Å²) in [6.07, 6.45) is 3.32. The fourth-order valence-electron chi connectivity index (χ4n) is 2.03. The van der Waals surface area contributed by atoms with Gasteiger partial charge >= 0.3 is 0 Å². The number of benzene rings is 1. The summed E-state index contributed by atoms with van der Waals surface area (Å²) in [6, 6.07) is 10.0. The van der Waals surface area contributed by atoms with Crippen molar-refractivity contribution in [2.24, 2.45) is 0 Å². The maximum atomic E-state index is 12.0. The summed E-state index contributed by atoms with van der Waals surface area (Å²) in [5.41, 5.74) is 2.52. The van der Waals surface area contributed by atoms with Crippen LogP contribution in [0.15, 0.2) is 48.1 Å². The predicted molar refractivity (Wildman–Crippen MR) is 86.6 cm³/mol. The van der Waals surface area contributed by atoms with E-state index >= 15 is 0 Å². The predicted octanol–water partition coefficient (Wildman–Crippen LogP) is 2.96. The Hall–Kier alpha value is -2.47. The average Bonchev–Trinajstić information content (AvgIpc) is 3.22. The molecule has 1 N–H and O–H groups in total. The zero-order valence-electron chi connectivity index (χ0n) is 12.2. The van der Waals surface area contributed by atoms with Crippen LogP contribution in [0.25, 0.3) is 10.6 Å². The van der Waals surface area contributed by atoms with Gasteiger partial charge in [0.2, 0.25) is 0 Å². The molecule has 3 aromatic rings. The van der Waals surface area contributed by atoms with Crippen LogP contribution in [0.2, 0.25) is 0 Å². The first-order valence-electron chi connectivity index (χ1n) is 7.06. The first kappa shape index (κ1) is 14.5. The zero-order chi connectivity index (χ0) is 15.4. The number of aromatic nitrogens is 3. The van der Waals surface area contributed by atoms with Crippen LogP contribution in [0, 0.1) is 0 Å². The van der Waals surface area contributed by atoms with Crippen molar-refractivity contribution in [1.82, 2.24) is 20.1 Å². The van der Waals surface area contributed by atoms with E-state index in [1.54, 1.807) is 28.4 Å². The van der Waals surface area contributed by atoms with Gasteiger partial charge in [-0.2, -0.15) is 5.10 Å². The molecular weight excluding hydrogens is 296 g/mol. The molecule has 0 unspecified atom stereocenters. The van der Waals surface area contributed by atoms with Crippen LogP contribution in [0.4, 0.5) is 0 Å². The Bertz CT molecular complexity index is 763. The van der Waals surface area contributed by atoms with E-state index in [4.69, 9.17) is 0 Å². The average molecular weight is 312 g/mol. The van der Waals surface area contributed by atoms with Crippen molar-refractivity contribution >= 4 is 17.2 Å². The summed E-state index contributed by atoms with van der Waals surface area (Å²) in [6.45, 7) is 3.15. The van der Waals surface area contributed by atoms with Gasteiger partial charge in [-0.3, -0.25) is 9.48 Å². The molecule has 0 saturated carbocycles. The minimum atomic E-state index is -0.131. The van der Waals surface area contributed by atoms with Crippen molar-refractivity contribution in [3.63, 3.8) is 0 Å². The number of thiazole rings is 1. The Labute approximate surface area is 132 Å². The van der Waals surface area contributed by atoms with E-state index in [9.17, 15) is 4.79 Å². The lowest BCUT2D eigenvalue weighted by atomic mass is 10.2. The summed E-state index contributed by atoms with van der Waals surface area (Å²) in [4.78, 5) is 16.6. The maximum absolute atomic E-state index is 12.0. The first-order valence-corrected chi connectivity index (χ1v) is 7.94. The van der Waals surface area contributed by atoms with Crippen molar-refractivity contribution in [3.05, 3.63) is 59.4 Å². The highest BCUT2D eigenvalue weighted by Crippen LogP contribution is 2.23. The number of aryl methyl sites for hydroxylation is 1. The molecule has 3 rings (SSSR count). The summed E-state index contributed by atoms with van der Waals surface area (Å²) in [5, 5.41) is 9.90. The normalized spacial score (nSPS) is 10.6. The molecule has 2 aromatic heterocycles. The van der Waals surface area contributed by atoms with Gasteiger partial charge in [0.15, 0.2) is 0 Å². The molecule has 0 fully saturated rings. The highest BCUT2D eigenvalue weighted by molar-refractivity contribution is 7.13. The molecule has 2 heterocycles. The molecule has 1 aromatic carbocycles. The Kier molecular flexibility index (Phi) is 4.29. The minimum Gasteiger partial charge on any atom is -0.346 e. The van der Waals surface area contributed by atoms with E-state index < -0.39 is 0 Å². The molecule has 1 amide bonds. The Morgan fingerprint density at radius 3 is 2.86 bits per heavy atom. The molecule has 0 aliphatic rings. The summed E-state index contributed by atoms with van der Waals surface area (Å²) in [7, 11) is 0. The molecule has 0 bridgehead atoms. The Morgan fingerprint density at radius 1 is 1.32 bits per heavy atom. The molecule has 6 heteroatoms. The van der Waals surface area contributed by atoms with Crippen molar-refractivity contribution in [3.8, 4) is 10.6 Å². The largest absolute Gasteiger partial charge is 0.346 e. The van der Waals surface area contributed by atoms with E-state index in [1.807, 2.05) is 42.6 Å². The number of rotatable bonds is 5. The molecule has 0 radical (unpaired) electrons. The zero-order valence-corrected chi connectivity index (χ0v) is 13.0. The summed E-state index contributed by atoms with van der Waals surface area (Å²) < 4.78 is 1.73. The van der Waals surface area contributed by atoms with Crippen LogP contribution in [0.3, 0.4) is 0 Å². The van der Waals surface area contributed by atoms with E-state index in [0.717, 1.165) is 22.8 Å². The van der Waals surface area contributed by atoms with Gasteiger partial charge in [0.05, 0.1) is 24.0 Å². The highest BCUT2D eigenvalue weighted by atomic mass is 32.1. The van der Waals surface area contributed by atoms with E-state index in [-0.39, 0.29) is 5.91 Å². The molecule has 22 heavy (non-hydrogen) atoms. The van der Waals surface area contributed by atoms with Gasteiger partial charge in [-0.1, -0.05) is 30.3 Å². The van der Waals surface area contributed by atoms with Crippen LogP contribution < -0.4 is 5.32 Å². The molecule has 112 valence electrons. The van der Waals surface area contributed by atoms with Gasteiger partial charge < -0.3 is 5.32 Å². The van der Waals surface area contributed by atoms with Crippen molar-refractivity contribution in [2.75, 3.05) is 0 Å². The van der Waals surface area contributed by atoms with Gasteiger partial charge in [0, 0.05) is 23.7 Å². The second-order valence-electron chi connectivity index (χ2n) is 4.78. The number of hydrogen-bond acceptors (Lipinski definition) is 4. The second kappa shape index (κ2) is 6.53. The third-order valence-electron chi connectivity index (χ3n) is 3.22. The fourth-order valence-corrected chi connectivity index (χ4v) is 2.85. The SMILES string of the molecule is CCn1cc(C(=O)NCc2csc(-c3ccccc3)n2)cn1. The van der Waals surface area contributed by atoms with Crippen LogP contribution in [-0.4, -0.2) is 20.7 Å². The molecule has 0 atom stereocenters. The number of carbonyl (C=O) groups excluding carboxylic acids is 1. The van der Waals surface area contributed by atoms with Crippen molar-refractivity contribution < 1.29 is 4.79 Å². The van der Waals surface area contributed by atoms with Gasteiger partial charge in [-0.25, -0.2) is 4.98 Å². The van der Waals surface area contributed by atoms with Gasteiger partial charge in [0.25, 0.3) is 5.91 Å². The van der Waals surface area contributed by atoms with Crippen LogP contribution in [-0.2, 0) is 13.1 Å². The fraction of sp³-hybridized carbons (Fsp3) is 0.188. The Balaban J connectivity index is 1.62. The quantitative estimate of drug-likeness (QED) is 0.788. The highest BCUT2D eigenvalue weighted by Gasteiger charge is 2.09. The molecule has 0 aliphatic carbocycles. The topological polar surface area (TPSA) is 59.8 Å². The monoisotopic (exact) mass is 312 g/mol. The number of hydrogen-bond donors (Lipinski definition) is 1. The number of carbonyl (C=O) groups is 1. The van der Waals surface area contributed by atoms with Crippen molar-refractivity contribution in [2.45, 2.75) is 20.0 Å². The number of nitrogens with one attached hydrogen (secondary N) is 1. The summed E-state index contributed by atoms with van der Waals surface area (Å²) in [5.74, 6) is -0.131. The van der Waals surface area contributed by atoms with E-state index in [1.165, 1.54) is 0 Å². The van der Waals surface area contributed by atoms with Gasteiger partial charge in [0.1, 0.15) is 5.01 Å².